The minimum Gasteiger partial charge on any atom is -0.462 e. The van der Waals surface area contributed by atoms with Gasteiger partial charge in [0.2, 0.25) is 0 Å². The van der Waals surface area contributed by atoms with Crippen LogP contribution in [-0.4, -0.2) is 34.9 Å². The van der Waals surface area contributed by atoms with E-state index in [2.05, 4.69) is 41.2 Å². The minimum absolute atomic E-state index is 0.293. The largest absolute Gasteiger partial charge is 0.462 e. The average Bonchev–Trinajstić information content (AvgIpc) is 3.15. The molecule has 37 heavy (non-hydrogen) atoms. The molecule has 4 aliphatic rings. The molecule has 210 valence electrons. The zero-order valence-corrected chi connectivity index (χ0v) is 24.5. The van der Waals surface area contributed by atoms with Crippen LogP contribution in [0.4, 0.5) is 0 Å². The fourth-order valence-corrected chi connectivity index (χ4v) is 9.77. The molecule has 0 spiro atoms. The highest BCUT2D eigenvalue weighted by Crippen LogP contribution is 2.69. The Morgan fingerprint density at radius 3 is 2.27 bits per heavy atom. The van der Waals surface area contributed by atoms with Gasteiger partial charge >= 0.3 is 11.9 Å². The van der Waals surface area contributed by atoms with E-state index in [0.717, 1.165) is 25.7 Å². The summed E-state index contributed by atoms with van der Waals surface area (Å²) in [6, 6.07) is 0. The average molecular weight is 517 g/mol. The van der Waals surface area contributed by atoms with Crippen LogP contribution in [0.5, 0.6) is 0 Å². The van der Waals surface area contributed by atoms with Gasteiger partial charge in [0, 0.05) is 25.7 Å². The first-order valence-corrected chi connectivity index (χ1v) is 15.0. The monoisotopic (exact) mass is 516 g/mol. The Bertz CT molecular complexity index is 896. The number of hydrogen-bond acceptors (Lipinski definition) is 5. The van der Waals surface area contributed by atoms with Crippen LogP contribution in [0.25, 0.3) is 0 Å². The third-order valence-corrected chi connectivity index (χ3v) is 11.9. The lowest BCUT2D eigenvalue weighted by molar-refractivity contribution is -0.271. The first-order chi connectivity index (χ1) is 17.2. The number of carbonyl (C=O) groups excluding carboxylic acids is 2. The van der Waals surface area contributed by atoms with Gasteiger partial charge in [0.1, 0.15) is 17.8 Å². The Hall–Kier alpha value is -1.36. The van der Waals surface area contributed by atoms with E-state index in [4.69, 9.17) is 9.47 Å². The summed E-state index contributed by atoms with van der Waals surface area (Å²) in [6.45, 7) is 18.9. The standard InChI is InChI=1S/C32H52O5/c1-19(2)20(3)9-10-21(4)26-11-12-27-25-17-29(37-23(6)34)32(35)18-24(36-22(5)33)13-16-31(32,8)28(25)14-15-30(26,27)7/h19,21,24-29,35H,3,9-18H2,1-2,4-8H3. The summed E-state index contributed by atoms with van der Waals surface area (Å²) in [4.78, 5) is 23.9. The van der Waals surface area contributed by atoms with Crippen molar-refractivity contribution in [3.63, 3.8) is 0 Å². The Balaban J connectivity index is 1.59. The van der Waals surface area contributed by atoms with E-state index < -0.39 is 11.7 Å². The summed E-state index contributed by atoms with van der Waals surface area (Å²) in [6.07, 6.45) is 8.90. The maximum Gasteiger partial charge on any atom is 0.303 e. The van der Waals surface area contributed by atoms with Gasteiger partial charge in [-0.2, -0.15) is 0 Å². The molecular weight excluding hydrogens is 464 g/mol. The molecule has 4 fully saturated rings. The van der Waals surface area contributed by atoms with Crippen molar-refractivity contribution < 1.29 is 24.2 Å². The molecule has 0 bridgehead atoms. The minimum atomic E-state index is -1.17. The van der Waals surface area contributed by atoms with E-state index in [9.17, 15) is 14.7 Å². The van der Waals surface area contributed by atoms with Crippen LogP contribution in [0.3, 0.4) is 0 Å². The summed E-state index contributed by atoms with van der Waals surface area (Å²) in [5.41, 5.74) is 0.131. The van der Waals surface area contributed by atoms with Crippen molar-refractivity contribution in [2.24, 2.45) is 46.3 Å². The van der Waals surface area contributed by atoms with Crippen LogP contribution >= 0.6 is 0 Å². The molecule has 0 aromatic rings. The number of esters is 2. The third-order valence-electron chi connectivity index (χ3n) is 11.9. The molecule has 0 radical (unpaired) electrons. The first-order valence-electron chi connectivity index (χ1n) is 15.0. The number of rotatable bonds is 7. The highest BCUT2D eigenvalue weighted by atomic mass is 16.6. The number of allylic oxidation sites excluding steroid dienone is 1. The highest BCUT2D eigenvalue weighted by Gasteiger charge is 2.68. The van der Waals surface area contributed by atoms with E-state index in [-0.39, 0.29) is 23.5 Å². The first kappa shape index (κ1) is 28.6. The summed E-state index contributed by atoms with van der Waals surface area (Å²) < 4.78 is 11.5. The second-order valence-electron chi connectivity index (χ2n) is 14.1. The molecule has 1 N–H and O–H groups in total. The van der Waals surface area contributed by atoms with Crippen LogP contribution < -0.4 is 0 Å². The lowest BCUT2D eigenvalue weighted by Crippen LogP contribution is -2.69. The molecule has 4 aliphatic carbocycles. The van der Waals surface area contributed by atoms with Crippen LogP contribution in [0.1, 0.15) is 113 Å². The molecule has 0 aliphatic heterocycles. The van der Waals surface area contributed by atoms with Gasteiger partial charge in [0.25, 0.3) is 0 Å². The quantitative estimate of drug-likeness (QED) is 0.295. The SMILES string of the molecule is C=C(CCC(C)C1CCC2C3CC(OC(C)=O)C4(O)CC(OC(C)=O)CCC4(C)C3CCC12C)C(C)C. The second-order valence-corrected chi connectivity index (χ2v) is 14.1. The smallest absolute Gasteiger partial charge is 0.303 e. The van der Waals surface area contributed by atoms with Crippen molar-refractivity contribution in [2.45, 2.75) is 130 Å². The molecule has 5 nitrogen and oxygen atoms in total. The number of hydrogen-bond donors (Lipinski definition) is 1. The Labute approximate surface area is 225 Å². The summed E-state index contributed by atoms with van der Waals surface area (Å²) >= 11 is 0. The van der Waals surface area contributed by atoms with Crippen molar-refractivity contribution >= 4 is 11.9 Å². The zero-order chi connectivity index (χ0) is 27.3. The normalized spacial score (nSPS) is 43.8. The van der Waals surface area contributed by atoms with Crippen molar-refractivity contribution in [1.29, 1.82) is 0 Å². The van der Waals surface area contributed by atoms with Crippen molar-refractivity contribution in [3.05, 3.63) is 12.2 Å². The van der Waals surface area contributed by atoms with Gasteiger partial charge in [0.05, 0.1) is 0 Å². The van der Waals surface area contributed by atoms with Crippen molar-refractivity contribution in [2.75, 3.05) is 0 Å². The van der Waals surface area contributed by atoms with Gasteiger partial charge in [-0.15, -0.1) is 0 Å². The zero-order valence-electron chi connectivity index (χ0n) is 24.5. The number of fused-ring (bicyclic) bond motifs is 5. The van der Waals surface area contributed by atoms with E-state index in [1.54, 1.807) is 0 Å². The number of carbonyl (C=O) groups is 2. The van der Waals surface area contributed by atoms with Crippen LogP contribution in [0.2, 0.25) is 0 Å². The molecule has 4 saturated carbocycles. The maximum absolute atomic E-state index is 12.3. The number of ether oxygens (including phenoxy) is 2. The van der Waals surface area contributed by atoms with Gasteiger partial charge in [-0.25, -0.2) is 0 Å². The van der Waals surface area contributed by atoms with E-state index in [1.807, 2.05) is 0 Å². The van der Waals surface area contributed by atoms with E-state index in [0.29, 0.717) is 53.8 Å². The van der Waals surface area contributed by atoms with Crippen LogP contribution in [0.15, 0.2) is 12.2 Å². The predicted octanol–water partition coefficient (Wildman–Crippen LogP) is 6.86. The molecule has 0 aromatic carbocycles. The maximum atomic E-state index is 12.3. The van der Waals surface area contributed by atoms with Gasteiger partial charge in [-0.1, -0.05) is 46.8 Å². The van der Waals surface area contributed by atoms with Gasteiger partial charge in [-0.05, 0) is 98.7 Å². The molecule has 0 amide bonds. The van der Waals surface area contributed by atoms with E-state index in [1.165, 1.54) is 45.1 Å². The topological polar surface area (TPSA) is 72.8 Å². The molecule has 5 heteroatoms. The Kier molecular flexibility index (Phi) is 7.99. The third kappa shape index (κ3) is 4.92. The molecular formula is C32H52O5. The Morgan fingerprint density at radius 2 is 1.65 bits per heavy atom. The summed E-state index contributed by atoms with van der Waals surface area (Å²) in [5.74, 6) is 2.71. The molecule has 0 heterocycles. The molecule has 10 atom stereocenters. The Morgan fingerprint density at radius 1 is 0.973 bits per heavy atom. The van der Waals surface area contributed by atoms with Crippen molar-refractivity contribution in [1.82, 2.24) is 0 Å². The molecule has 4 rings (SSSR count). The van der Waals surface area contributed by atoms with Gasteiger partial charge in [0.15, 0.2) is 0 Å². The fraction of sp³-hybridized carbons (Fsp3) is 0.875. The lowest BCUT2D eigenvalue weighted by atomic mass is 9.42. The fourth-order valence-electron chi connectivity index (χ4n) is 9.77. The van der Waals surface area contributed by atoms with Crippen LogP contribution in [0, 0.1) is 46.3 Å². The number of aliphatic hydroxyl groups is 1. The summed E-state index contributed by atoms with van der Waals surface area (Å²) in [5, 5.41) is 12.3. The van der Waals surface area contributed by atoms with Crippen molar-refractivity contribution in [3.8, 4) is 0 Å². The highest BCUT2D eigenvalue weighted by molar-refractivity contribution is 5.66. The lowest BCUT2D eigenvalue weighted by Gasteiger charge is -2.65. The molecule has 0 saturated heterocycles. The van der Waals surface area contributed by atoms with Gasteiger partial charge in [-0.3, -0.25) is 9.59 Å². The summed E-state index contributed by atoms with van der Waals surface area (Å²) in [7, 11) is 0. The van der Waals surface area contributed by atoms with Crippen LogP contribution in [-0.2, 0) is 19.1 Å². The predicted molar refractivity (Wildman–Crippen MR) is 146 cm³/mol. The van der Waals surface area contributed by atoms with E-state index >= 15 is 0 Å². The second kappa shape index (κ2) is 10.3. The molecule has 10 unspecified atom stereocenters. The molecule has 0 aromatic heterocycles. The van der Waals surface area contributed by atoms with Gasteiger partial charge < -0.3 is 14.6 Å².